The number of methoxy groups -OCH3 is 2. The monoisotopic (exact) mass is 616 g/mol. The molecule has 1 N–H and O–H groups in total. The molecular formula is C33H27F3N4O5. The first-order valence-corrected chi connectivity index (χ1v) is 13.6. The molecule has 4 aromatic carbocycles. The maximum Gasteiger partial charge on any atom is 0.416 e. The number of rotatable bonds is 9. The number of halogens is 3. The van der Waals surface area contributed by atoms with Crippen molar-refractivity contribution in [1.29, 1.82) is 0 Å². The van der Waals surface area contributed by atoms with E-state index in [4.69, 9.17) is 14.2 Å². The molecule has 12 heteroatoms. The van der Waals surface area contributed by atoms with Gasteiger partial charge in [0.15, 0.2) is 23.9 Å². The Morgan fingerprint density at radius 2 is 1.64 bits per heavy atom. The fourth-order valence-electron chi connectivity index (χ4n) is 4.47. The van der Waals surface area contributed by atoms with E-state index in [1.807, 2.05) is 19.1 Å². The van der Waals surface area contributed by atoms with Crippen LogP contribution in [0.25, 0.3) is 22.3 Å². The number of aryl methyl sites for hydroxylation is 1. The number of para-hydroxylation sites is 1. The zero-order chi connectivity index (χ0) is 32.1. The van der Waals surface area contributed by atoms with Crippen LogP contribution in [0.1, 0.15) is 16.7 Å². The van der Waals surface area contributed by atoms with Crippen molar-refractivity contribution in [3.05, 3.63) is 112 Å². The molecular weight excluding hydrogens is 589 g/mol. The second-order valence-electron chi connectivity index (χ2n) is 9.85. The summed E-state index contributed by atoms with van der Waals surface area (Å²) < 4.78 is 58.1. The number of benzene rings is 4. The minimum absolute atomic E-state index is 0.0488. The summed E-state index contributed by atoms with van der Waals surface area (Å²) in [4.78, 5) is 30.5. The number of amides is 1. The summed E-state index contributed by atoms with van der Waals surface area (Å²) in [6, 6.07) is 21.4. The Labute approximate surface area is 255 Å². The summed E-state index contributed by atoms with van der Waals surface area (Å²) in [5.41, 5.74) is 0.942. The number of nitrogens with zero attached hydrogens (tertiary/aromatic N) is 3. The normalized spacial score (nSPS) is 11.5. The molecule has 0 aliphatic carbocycles. The second-order valence-corrected chi connectivity index (χ2v) is 9.85. The largest absolute Gasteiger partial charge is 0.493 e. The fourth-order valence-corrected chi connectivity index (χ4v) is 4.47. The molecule has 45 heavy (non-hydrogen) atoms. The van der Waals surface area contributed by atoms with Crippen molar-refractivity contribution < 1.29 is 32.2 Å². The standard InChI is InChI=1S/C33H27F3N4O5/c1-20-11-13-24(14-12-20)38-29(41)19-45-30-27(43-2)15-21(16-28(30)44-3)18-37-40-31(22-7-6-8-23(17-22)33(34,35)36)39-26-10-5-4-9-25(26)32(40)42/h4-18H,19H2,1-3H3,(H,38,41). The number of carbonyl (C=O) groups excluding carboxylic acids is 1. The molecule has 0 aliphatic rings. The third-order valence-electron chi connectivity index (χ3n) is 6.69. The van der Waals surface area contributed by atoms with Crippen LogP contribution in [0, 0.1) is 6.92 Å². The lowest BCUT2D eigenvalue weighted by Gasteiger charge is -2.15. The predicted octanol–water partition coefficient (Wildman–Crippen LogP) is 6.31. The van der Waals surface area contributed by atoms with Crippen LogP contribution < -0.4 is 25.1 Å². The molecule has 0 atom stereocenters. The van der Waals surface area contributed by atoms with Gasteiger partial charge in [0.05, 0.1) is 36.9 Å². The van der Waals surface area contributed by atoms with Gasteiger partial charge in [-0.05, 0) is 55.5 Å². The van der Waals surface area contributed by atoms with Crippen molar-refractivity contribution in [2.45, 2.75) is 13.1 Å². The lowest BCUT2D eigenvalue weighted by atomic mass is 10.1. The van der Waals surface area contributed by atoms with E-state index in [1.165, 1.54) is 32.6 Å². The van der Waals surface area contributed by atoms with Crippen LogP contribution in [0.15, 0.2) is 94.8 Å². The number of aromatic nitrogens is 2. The summed E-state index contributed by atoms with van der Waals surface area (Å²) >= 11 is 0. The van der Waals surface area contributed by atoms with E-state index in [0.717, 1.165) is 22.4 Å². The first-order chi connectivity index (χ1) is 21.6. The van der Waals surface area contributed by atoms with Crippen molar-refractivity contribution in [3.8, 4) is 28.6 Å². The molecule has 5 aromatic rings. The van der Waals surface area contributed by atoms with Gasteiger partial charge >= 0.3 is 6.18 Å². The predicted molar refractivity (Wildman–Crippen MR) is 164 cm³/mol. The number of anilines is 1. The van der Waals surface area contributed by atoms with E-state index in [1.54, 1.807) is 48.5 Å². The molecule has 0 spiro atoms. The minimum atomic E-state index is -4.60. The second kappa shape index (κ2) is 12.9. The number of hydrogen-bond acceptors (Lipinski definition) is 7. The van der Waals surface area contributed by atoms with E-state index in [-0.39, 0.29) is 40.6 Å². The average molecular weight is 617 g/mol. The number of alkyl halides is 3. The topological polar surface area (TPSA) is 104 Å². The van der Waals surface area contributed by atoms with E-state index in [9.17, 15) is 22.8 Å². The molecule has 0 saturated heterocycles. The molecule has 230 valence electrons. The maximum atomic E-state index is 13.5. The summed E-state index contributed by atoms with van der Waals surface area (Å²) in [6.45, 7) is 1.60. The lowest BCUT2D eigenvalue weighted by Crippen LogP contribution is -2.21. The van der Waals surface area contributed by atoms with Gasteiger partial charge in [-0.2, -0.15) is 22.9 Å². The van der Waals surface area contributed by atoms with Gasteiger partial charge in [-0.3, -0.25) is 9.59 Å². The van der Waals surface area contributed by atoms with Crippen molar-refractivity contribution in [2.75, 3.05) is 26.1 Å². The Morgan fingerprint density at radius 3 is 2.31 bits per heavy atom. The Hall–Kier alpha value is -5.65. The molecule has 0 bridgehead atoms. The molecule has 0 aliphatic heterocycles. The van der Waals surface area contributed by atoms with Gasteiger partial charge in [0.2, 0.25) is 5.75 Å². The highest BCUT2D eigenvalue weighted by Crippen LogP contribution is 2.38. The van der Waals surface area contributed by atoms with Crippen molar-refractivity contribution in [2.24, 2.45) is 5.10 Å². The van der Waals surface area contributed by atoms with Crippen LogP contribution in [0.3, 0.4) is 0 Å². The highest BCUT2D eigenvalue weighted by atomic mass is 19.4. The number of fused-ring (bicyclic) bond motifs is 1. The molecule has 0 radical (unpaired) electrons. The molecule has 1 aromatic heterocycles. The van der Waals surface area contributed by atoms with Crippen molar-refractivity contribution in [3.63, 3.8) is 0 Å². The lowest BCUT2D eigenvalue weighted by molar-refractivity contribution is -0.137. The highest BCUT2D eigenvalue weighted by molar-refractivity contribution is 5.92. The summed E-state index contributed by atoms with van der Waals surface area (Å²) in [7, 11) is 2.80. The van der Waals surface area contributed by atoms with Crippen molar-refractivity contribution >= 4 is 28.7 Å². The average Bonchev–Trinajstić information content (AvgIpc) is 3.03. The summed E-state index contributed by atoms with van der Waals surface area (Å²) in [5, 5.41) is 7.30. The van der Waals surface area contributed by atoms with Gasteiger partial charge in [-0.25, -0.2) is 4.98 Å². The zero-order valence-corrected chi connectivity index (χ0v) is 24.4. The molecule has 0 fully saturated rings. The quantitative estimate of drug-likeness (QED) is 0.195. The third-order valence-corrected chi connectivity index (χ3v) is 6.69. The summed E-state index contributed by atoms with van der Waals surface area (Å²) in [5.74, 6) is 0.0888. The van der Waals surface area contributed by atoms with E-state index >= 15 is 0 Å². The van der Waals surface area contributed by atoms with Crippen LogP contribution in [-0.2, 0) is 11.0 Å². The van der Waals surface area contributed by atoms with Gasteiger partial charge in [-0.1, -0.05) is 42.0 Å². The minimum Gasteiger partial charge on any atom is -0.493 e. The number of carbonyl (C=O) groups is 1. The number of hydrogen-bond donors (Lipinski definition) is 1. The molecule has 5 rings (SSSR count). The number of nitrogens with one attached hydrogen (secondary N) is 1. The molecule has 0 unspecified atom stereocenters. The molecule has 1 heterocycles. The van der Waals surface area contributed by atoms with Crippen molar-refractivity contribution in [1.82, 2.24) is 9.66 Å². The van der Waals surface area contributed by atoms with Gasteiger partial charge < -0.3 is 19.5 Å². The van der Waals surface area contributed by atoms with Crippen LogP contribution in [-0.4, -0.2) is 42.6 Å². The van der Waals surface area contributed by atoms with Gasteiger partial charge in [0.1, 0.15) is 0 Å². The first-order valence-electron chi connectivity index (χ1n) is 13.6. The third kappa shape index (κ3) is 6.96. The van der Waals surface area contributed by atoms with Gasteiger partial charge in [-0.15, -0.1) is 0 Å². The molecule has 1 amide bonds. The van der Waals surface area contributed by atoms with E-state index in [2.05, 4.69) is 15.4 Å². The Kier molecular flexibility index (Phi) is 8.84. The Balaban J connectivity index is 1.49. The highest BCUT2D eigenvalue weighted by Gasteiger charge is 2.31. The molecule has 9 nitrogen and oxygen atoms in total. The van der Waals surface area contributed by atoms with Gasteiger partial charge in [0.25, 0.3) is 11.5 Å². The van der Waals surface area contributed by atoms with Crippen LogP contribution in [0.5, 0.6) is 17.2 Å². The summed E-state index contributed by atoms with van der Waals surface area (Å²) in [6.07, 6.45) is -3.28. The van der Waals surface area contributed by atoms with E-state index < -0.39 is 23.2 Å². The van der Waals surface area contributed by atoms with Crippen LogP contribution in [0.2, 0.25) is 0 Å². The fraction of sp³-hybridized carbons (Fsp3) is 0.152. The zero-order valence-electron chi connectivity index (χ0n) is 24.4. The first kappa shape index (κ1) is 30.8. The SMILES string of the molecule is COc1cc(C=Nn2c(-c3cccc(C(F)(F)F)c3)nc3ccccc3c2=O)cc(OC)c1OCC(=O)Nc1ccc(C)cc1. The maximum absolute atomic E-state index is 13.5. The Morgan fingerprint density at radius 1 is 0.956 bits per heavy atom. The van der Waals surface area contributed by atoms with Crippen LogP contribution in [0.4, 0.5) is 18.9 Å². The number of ether oxygens (including phenoxy) is 3. The Bertz CT molecular complexity index is 1930. The molecule has 0 saturated carbocycles. The van der Waals surface area contributed by atoms with Gasteiger partial charge in [0, 0.05) is 16.8 Å². The van der Waals surface area contributed by atoms with Crippen LogP contribution >= 0.6 is 0 Å². The van der Waals surface area contributed by atoms with E-state index in [0.29, 0.717) is 16.8 Å². The smallest absolute Gasteiger partial charge is 0.416 e.